The zero-order chi connectivity index (χ0) is 12.1. The first-order chi connectivity index (χ1) is 8.29. The summed E-state index contributed by atoms with van der Waals surface area (Å²) < 4.78 is 5.52. The summed E-state index contributed by atoms with van der Waals surface area (Å²) in [6.45, 7) is 2.03. The van der Waals surface area contributed by atoms with Crippen LogP contribution in [0, 0.1) is 0 Å². The fourth-order valence-electron chi connectivity index (χ4n) is 1.92. The number of amides is 1. The van der Waals surface area contributed by atoms with E-state index in [2.05, 4.69) is 15.9 Å². The lowest BCUT2D eigenvalue weighted by atomic mass is 10.1. The molecule has 0 saturated carbocycles. The molecule has 1 amide bonds. The largest absolute Gasteiger partial charge is 0.374 e. The number of hydrogen-bond acceptors (Lipinski definition) is 2. The van der Waals surface area contributed by atoms with Gasteiger partial charge in [-0.25, -0.2) is 0 Å². The highest BCUT2D eigenvalue weighted by atomic mass is 79.9. The molecule has 1 aliphatic rings. The van der Waals surface area contributed by atoms with E-state index in [4.69, 9.17) is 4.74 Å². The minimum Gasteiger partial charge on any atom is -0.374 e. The number of carbonyl (C=O) groups is 1. The highest BCUT2D eigenvalue weighted by Gasteiger charge is 2.23. The number of benzene rings is 1. The molecule has 1 fully saturated rings. The van der Waals surface area contributed by atoms with Crippen molar-refractivity contribution in [2.24, 2.45) is 0 Å². The van der Waals surface area contributed by atoms with E-state index < -0.39 is 0 Å². The maximum atomic E-state index is 12.1. The number of ether oxygens (including phenoxy) is 1. The smallest absolute Gasteiger partial charge is 0.227 e. The van der Waals surface area contributed by atoms with Crippen LogP contribution in [0.1, 0.15) is 5.56 Å². The van der Waals surface area contributed by atoms with E-state index in [0.29, 0.717) is 26.1 Å². The van der Waals surface area contributed by atoms with Gasteiger partial charge < -0.3 is 9.64 Å². The predicted molar refractivity (Wildman–Crippen MR) is 70.3 cm³/mol. The SMILES string of the molecule is O=C(Cc1ccccc1)N1CCOC(CBr)C1. The Balaban J connectivity index is 1.91. The minimum absolute atomic E-state index is 0.128. The van der Waals surface area contributed by atoms with Crippen LogP contribution in [-0.2, 0) is 16.0 Å². The van der Waals surface area contributed by atoms with Crippen LogP contribution in [0.25, 0.3) is 0 Å². The summed E-state index contributed by atoms with van der Waals surface area (Å²) in [5.41, 5.74) is 1.07. The molecular formula is C13H16BrNO2. The number of morpholine rings is 1. The first-order valence-electron chi connectivity index (χ1n) is 5.79. The second-order valence-electron chi connectivity index (χ2n) is 4.15. The topological polar surface area (TPSA) is 29.5 Å². The third-order valence-corrected chi connectivity index (χ3v) is 3.58. The van der Waals surface area contributed by atoms with Crippen molar-refractivity contribution in [1.29, 1.82) is 0 Å². The first kappa shape index (κ1) is 12.6. The fourth-order valence-corrected chi connectivity index (χ4v) is 2.31. The van der Waals surface area contributed by atoms with Crippen LogP contribution in [0.2, 0.25) is 0 Å². The van der Waals surface area contributed by atoms with Crippen molar-refractivity contribution < 1.29 is 9.53 Å². The third-order valence-electron chi connectivity index (χ3n) is 2.86. The molecule has 1 atom stereocenters. The zero-order valence-corrected chi connectivity index (χ0v) is 11.2. The molecule has 4 heteroatoms. The van der Waals surface area contributed by atoms with Crippen molar-refractivity contribution in [3.8, 4) is 0 Å². The molecule has 92 valence electrons. The Morgan fingerprint density at radius 2 is 2.18 bits per heavy atom. The number of rotatable bonds is 3. The second-order valence-corrected chi connectivity index (χ2v) is 4.80. The van der Waals surface area contributed by atoms with Crippen LogP contribution < -0.4 is 0 Å². The molecule has 1 unspecified atom stereocenters. The summed E-state index contributed by atoms with van der Waals surface area (Å²) in [7, 11) is 0. The maximum Gasteiger partial charge on any atom is 0.227 e. The van der Waals surface area contributed by atoms with Crippen LogP contribution in [-0.4, -0.2) is 41.9 Å². The van der Waals surface area contributed by atoms with Crippen molar-refractivity contribution in [2.75, 3.05) is 25.0 Å². The summed E-state index contributed by atoms with van der Waals surface area (Å²) in [6.07, 6.45) is 0.610. The quantitative estimate of drug-likeness (QED) is 0.797. The highest BCUT2D eigenvalue weighted by Crippen LogP contribution is 2.10. The minimum atomic E-state index is 0.128. The predicted octanol–water partition coefficient (Wildman–Crippen LogP) is 1.85. The molecule has 1 saturated heterocycles. The molecule has 17 heavy (non-hydrogen) atoms. The molecule has 0 radical (unpaired) electrons. The molecule has 1 aromatic carbocycles. The lowest BCUT2D eigenvalue weighted by molar-refractivity contribution is -0.137. The van der Waals surface area contributed by atoms with E-state index in [1.165, 1.54) is 0 Å². The maximum absolute atomic E-state index is 12.1. The van der Waals surface area contributed by atoms with Crippen LogP contribution in [0.4, 0.5) is 0 Å². The van der Waals surface area contributed by atoms with Gasteiger partial charge in [-0.15, -0.1) is 0 Å². The molecule has 3 nitrogen and oxygen atoms in total. The van der Waals surface area contributed by atoms with E-state index in [-0.39, 0.29) is 12.0 Å². The van der Waals surface area contributed by atoms with Gasteiger partial charge in [0, 0.05) is 18.4 Å². The third kappa shape index (κ3) is 3.54. The number of hydrogen-bond donors (Lipinski definition) is 0. The van der Waals surface area contributed by atoms with E-state index in [0.717, 1.165) is 10.9 Å². The number of alkyl halides is 1. The molecule has 0 N–H and O–H groups in total. The standard InChI is InChI=1S/C13H16BrNO2/c14-9-12-10-15(6-7-17-12)13(16)8-11-4-2-1-3-5-11/h1-5,12H,6-10H2. The number of nitrogens with zero attached hydrogens (tertiary/aromatic N) is 1. The molecule has 0 aliphatic carbocycles. The van der Waals surface area contributed by atoms with Gasteiger partial charge in [-0.05, 0) is 5.56 Å². The van der Waals surface area contributed by atoms with Gasteiger partial charge in [-0.1, -0.05) is 46.3 Å². The molecule has 1 aliphatic heterocycles. The van der Waals surface area contributed by atoms with Crippen molar-refractivity contribution in [1.82, 2.24) is 4.90 Å². The molecule has 1 aromatic rings. The van der Waals surface area contributed by atoms with Gasteiger partial charge in [-0.2, -0.15) is 0 Å². The Bertz CT molecular complexity index is 369. The van der Waals surface area contributed by atoms with E-state index in [1.54, 1.807) is 0 Å². The van der Waals surface area contributed by atoms with Crippen molar-refractivity contribution in [2.45, 2.75) is 12.5 Å². The molecule has 0 bridgehead atoms. The van der Waals surface area contributed by atoms with Gasteiger partial charge >= 0.3 is 0 Å². The van der Waals surface area contributed by atoms with Crippen molar-refractivity contribution >= 4 is 21.8 Å². The number of halogens is 1. The zero-order valence-electron chi connectivity index (χ0n) is 9.64. The van der Waals surface area contributed by atoms with Crippen LogP contribution in [0.5, 0.6) is 0 Å². The van der Waals surface area contributed by atoms with E-state index in [9.17, 15) is 4.79 Å². The van der Waals surface area contributed by atoms with Gasteiger partial charge in [0.15, 0.2) is 0 Å². The molecule has 0 spiro atoms. The van der Waals surface area contributed by atoms with E-state index in [1.807, 2.05) is 35.2 Å². The van der Waals surface area contributed by atoms with Crippen molar-refractivity contribution in [3.63, 3.8) is 0 Å². The summed E-state index contributed by atoms with van der Waals surface area (Å²) in [4.78, 5) is 14.0. The van der Waals surface area contributed by atoms with Gasteiger partial charge in [0.05, 0.1) is 19.1 Å². The summed E-state index contributed by atoms with van der Waals surface area (Å²) in [6, 6.07) is 9.86. The van der Waals surface area contributed by atoms with Crippen LogP contribution in [0.15, 0.2) is 30.3 Å². The second kappa shape index (κ2) is 6.17. The highest BCUT2D eigenvalue weighted by molar-refractivity contribution is 9.09. The molecule has 1 heterocycles. The average Bonchev–Trinajstić information content (AvgIpc) is 2.40. The molecule has 0 aromatic heterocycles. The average molecular weight is 298 g/mol. The lowest BCUT2D eigenvalue weighted by Crippen LogP contribution is -2.46. The monoisotopic (exact) mass is 297 g/mol. The van der Waals surface area contributed by atoms with Crippen LogP contribution >= 0.6 is 15.9 Å². The Morgan fingerprint density at radius 1 is 1.41 bits per heavy atom. The molecular weight excluding hydrogens is 282 g/mol. The van der Waals surface area contributed by atoms with E-state index >= 15 is 0 Å². The van der Waals surface area contributed by atoms with Crippen LogP contribution in [0.3, 0.4) is 0 Å². The number of carbonyl (C=O) groups excluding carboxylic acids is 1. The Hall–Kier alpha value is -0.870. The van der Waals surface area contributed by atoms with Gasteiger partial charge in [0.2, 0.25) is 5.91 Å². The summed E-state index contributed by atoms with van der Waals surface area (Å²) in [5.74, 6) is 0.186. The van der Waals surface area contributed by atoms with Gasteiger partial charge in [0.1, 0.15) is 0 Å². The Labute approximate surface area is 110 Å². The Kier molecular flexibility index (Phi) is 4.57. The lowest BCUT2D eigenvalue weighted by Gasteiger charge is -2.32. The Morgan fingerprint density at radius 3 is 2.88 bits per heavy atom. The summed E-state index contributed by atoms with van der Waals surface area (Å²) in [5, 5.41) is 0.780. The summed E-state index contributed by atoms with van der Waals surface area (Å²) >= 11 is 3.39. The first-order valence-corrected chi connectivity index (χ1v) is 6.91. The normalized spacial score (nSPS) is 20.3. The van der Waals surface area contributed by atoms with Gasteiger partial charge in [-0.3, -0.25) is 4.79 Å². The molecule has 2 rings (SSSR count). The van der Waals surface area contributed by atoms with Gasteiger partial charge in [0.25, 0.3) is 0 Å². The fraction of sp³-hybridized carbons (Fsp3) is 0.462. The van der Waals surface area contributed by atoms with Crippen molar-refractivity contribution in [3.05, 3.63) is 35.9 Å².